The summed E-state index contributed by atoms with van der Waals surface area (Å²) in [6.45, 7) is 5.52. The topological polar surface area (TPSA) is 58.3 Å². The Kier molecular flexibility index (Phi) is 4.40. The van der Waals surface area contributed by atoms with Crippen molar-refractivity contribution in [3.63, 3.8) is 0 Å². The lowest BCUT2D eigenvalue weighted by molar-refractivity contribution is 0.270. The Morgan fingerprint density at radius 1 is 1.61 bits per heavy atom. The van der Waals surface area contributed by atoms with E-state index in [-0.39, 0.29) is 0 Å². The normalized spacial score (nSPS) is 20.3. The fourth-order valence-corrected chi connectivity index (χ4v) is 3.05. The van der Waals surface area contributed by atoms with Gasteiger partial charge in [-0.1, -0.05) is 6.92 Å². The van der Waals surface area contributed by atoms with Gasteiger partial charge in [0.1, 0.15) is 5.82 Å². The minimum Gasteiger partial charge on any atom is -0.368 e. The predicted octanol–water partition coefficient (Wildman–Crippen LogP) is 1.74. The molecule has 0 bridgehead atoms. The minimum absolute atomic E-state index is 0.318. The van der Waals surface area contributed by atoms with Crippen LogP contribution < -0.4 is 10.6 Å². The van der Waals surface area contributed by atoms with Gasteiger partial charge in [-0.2, -0.15) is 4.98 Å². The second-order valence-corrected chi connectivity index (χ2v) is 5.56. The lowest BCUT2D eigenvalue weighted by Crippen LogP contribution is -2.39. The standard InChI is InChI=1S/C12H20BrN5/c1-3-18-6-4-5-9(18)8-17(2)11-10(13)7-15-12(14)16-11/h7,9H,3-6,8H2,1-2H3,(H2,14,15,16). The highest BCUT2D eigenvalue weighted by Crippen LogP contribution is 2.25. The van der Waals surface area contributed by atoms with Crippen molar-refractivity contribution in [2.24, 2.45) is 0 Å². The molecule has 1 aliphatic heterocycles. The number of nitrogens with two attached hydrogens (primary N) is 1. The minimum atomic E-state index is 0.318. The first-order valence-corrected chi connectivity index (χ1v) is 7.14. The van der Waals surface area contributed by atoms with Gasteiger partial charge in [0, 0.05) is 25.8 Å². The molecule has 1 atom stereocenters. The highest BCUT2D eigenvalue weighted by molar-refractivity contribution is 9.10. The number of nitrogens with zero attached hydrogens (tertiary/aromatic N) is 4. The molecule has 0 radical (unpaired) electrons. The Hall–Kier alpha value is -0.880. The van der Waals surface area contributed by atoms with Crippen LogP contribution in [-0.2, 0) is 0 Å². The maximum atomic E-state index is 5.65. The Balaban J connectivity index is 2.07. The molecule has 0 saturated carbocycles. The average molecular weight is 314 g/mol. The number of halogens is 1. The van der Waals surface area contributed by atoms with Crippen LogP contribution in [0.15, 0.2) is 10.7 Å². The van der Waals surface area contributed by atoms with Crippen LogP contribution in [0.5, 0.6) is 0 Å². The molecule has 1 aromatic rings. The molecule has 0 amide bonds. The van der Waals surface area contributed by atoms with Crippen molar-refractivity contribution in [1.29, 1.82) is 0 Å². The number of likely N-dealkylation sites (N-methyl/N-ethyl adjacent to an activating group) is 2. The third-order valence-corrected chi connectivity index (χ3v) is 4.06. The molecule has 1 aliphatic rings. The SMILES string of the molecule is CCN1CCCC1CN(C)c1nc(N)ncc1Br. The molecule has 1 fully saturated rings. The van der Waals surface area contributed by atoms with E-state index in [4.69, 9.17) is 5.73 Å². The van der Waals surface area contributed by atoms with E-state index in [1.54, 1.807) is 6.20 Å². The van der Waals surface area contributed by atoms with Gasteiger partial charge in [-0.25, -0.2) is 4.98 Å². The second kappa shape index (κ2) is 5.84. The molecule has 6 heteroatoms. The molecule has 1 unspecified atom stereocenters. The van der Waals surface area contributed by atoms with E-state index in [2.05, 4.69) is 49.7 Å². The molecule has 2 N–H and O–H groups in total. The van der Waals surface area contributed by atoms with Crippen LogP contribution in [0.4, 0.5) is 11.8 Å². The van der Waals surface area contributed by atoms with Crippen molar-refractivity contribution in [2.45, 2.75) is 25.8 Å². The van der Waals surface area contributed by atoms with E-state index >= 15 is 0 Å². The molecule has 1 aromatic heterocycles. The van der Waals surface area contributed by atoms with Gasteiger partial charge in [-0.05, 0) is 41.9 Å². The Labute approximate surface area is 117 Å². The summed E-state index contributed by atoms with van der Waals surface area (Å²) in [4.78, 5) is 12.9. The van der Waals surface area contributed by atoms with Gasteiger partial charge in [0.25, 0.3) is 0 Å². The summed E-state index contributed by atoms with van der Waals surface area (Å²) in [7, 11) is 2.05. The summed E-state index contributed by atoms with van der Waals surface area (Å²) in [6, 6.07) is 0.614. The predicted molar refractivity (Wildman–Crippen MR) is 77.7 cm³/mol. The molecule has 0 aromatic carbocycles. The number of hydrogen-bond donors (Lipinski definition) is 1. The maximum Gasteiger partial charge on any atom is 0.222 e. The Morgan fingerprint density at radius 2 is 2.39 bits per heavy atom. The van der Waals surface area contributed by atoms with E-state index in [9.17, 15) is 0 Å². The fourth-order valence-electron chi connectivity index (χ4n) is 2.56. The van der Waals surface area contributed by atoms with Crippen molar-refractivity contribution in [3.05, 3.63) is 10.7 Å². The van der Waals surface area contributed by atoms with E-state index in [0.717, 1.165) is 23.4 Å². The fraction of sp³-hybridized carbons (Fsp3) is 0.667. The lowest BCUT2D eigenvalue weighted by Gasteiger charge is -2.28. The van der Waals surface area contributed by atoms with Crippen molar-refractivity contribution >= 4 is 27.7 Å². The third-order valence-electron chi connectivity index (χ3n) is 3.50. The number of rotatable bonds is 4. The average Bonchev–Trinajstić information content (AvgIpc) is 2.79. The van der Waals surface area contributed by atoms with Gasteiger partial charge >= 0.3 is 0 Å². The second-order valence-electron chi connectivity index (χ2n) is 4.70. The maximum absolute atomic E-state index is 5.65. The summed E-state index contributed by atoms with van der Waals surface area (Å²) in [5.41, 5.74) is 5.65. The smallest absolute Gasteiger partial charge is 0.222 e. The van der Waals surface area contributed by atoms with Crippen molar-refractivity contribution in [1.82, 2.24) is 14.9 Å². The van der Waals surface area contributed by atoms with Crippen molar-refractivity contribution in [2.75, 3.05) is 37.3 Å². The van der Waals surface area contributed by atoms with Gasteiger partial charge in [-0.15, -0.1) is 0 Å². The molecule has 5 nitrogen and oxygen atoms in total. The Bertz CT molecular complexity index is 411. The quantitative estimate of drug-likeness (QED) is 0.917. The molecule has 2 rings (SSSR count). The van der Waals surface area contributed by atoms with Gasteiger partial charge in [0.2, 0.25) is 5.95 Å². The van der Waals surface area contributed by atoms with E-state index < -0.39 is 0 Å². The van der Waals surface area contributed by atoms with Gasteiger partial charge in [-0.3, -0.25) is 4.90 Å². The van der Waals surface area contributed by atoms with E-state index in [1.807, 2.05) is 0 Å². The molecule has 2 heterocycles. The first kappa shape index (κ1) is 13.5. The molecule has 100 valence electrons. The highest BCUT2D eigenvalue weighted by atomic mass is 79.9. The van der Waals surface area contributed by atoms with Crippen molar-refractivity contribution < 1.29 is 0 Å². The monoisotopic (exact) mass is 313 g/mol. The summed E-state index contributed by atoms with van der Waals surface area (Å²) in [6.07, 6.45) is 4.26. The zero-order valence-electron chi connectivity index (χ0n) is 10.9. The molecule has 1 saturated heterocycles. The molecule has 0 spiro atoms. The van der Waals surface area contributed by atoms with Crippen molar-refractivity contribution in [3.8, 4) is 0 Å². The zero-order valence-corrected chi connectivity index (χ0v) is 12.5. The van der Waals surface area contributed by atoms with E-state index in [0.29, 0.717) is 12.0 Å². The largest absolute Gasteiger partial charge is 0.368 e. The van der Waals surface area contributed by atoms with Crippen LogP contribution in [0.2, 0.25) is 0 Å². The van der Waals surface area contributed by atoms with Crippen LogP contribution in [0.1, 0.15) is 19.8 Å². The lowest BCUT2D eigenvalue weighted by atomic mass is 10.2. The third kappa shape index (κ3) is 2.92. The number of anilines is 2. The highest BCUT2D eigenvalue weighted by Gasteiger charge is 2.25. The molecular formula is C12H20BrN5. The summed E-state index contributed by atoms with van der Waals surface area (Å²) >= 11 is 3.48. The van der Waals surface area contributed by atoms with Crippen LogP contribution in [0, 0.1) is 0 Å². The molecule has 0 aliphatic carbocycles. The Morgan fingerprint density at radius 3 is 3.11 bits per heavy atom. The van der Waals surface area contributed by atoms with Gasteiger partial charge < -0.3 is 10.6 Å². The first-order chi connectivity index (χ1) is 8.61. The molecular weight excluding hydrogens is 294 g/mol. The van der Waals surface area contributed by atoms with Crippen LogP contribution in [0.3, 0.4) is 0 Å². The van der Waals surface area contributed by atoms with E-state index in [1.165, 1.54) is 19.4 Å². The summed E-state index contributed by atoms with van der Waals surface area (Å²) in [5, 5.41) is 0. The van der Waals surface area contributed by atoms with Crippen LogP contribution >= 0.6 is 15.9 Å². The molecule has 18 heavy (non-hydrogen) atoms. The van der Waals surface area contributed by atoms with Gasteiger partial charge in [0.05, 0.1) is 4.47 Å². The summed E-state index contributed by atoms with van der Waals surface area (Å²) < 4.78 is 0.889. The number of nitrogen functional groups attached to an aromatic ring is 1. The number of aromatic nitrogens is 2. The summed E-state index contributed by atoms with van der Waals surface area (Å²) in [5.74, 6) is 1.18. The first-order valence-electron chi connectivity index (χ1n) is 6.35. The number of likely N-dealkylation sites (tertiary alicyclic amines) is 1. The van der Waals surface area contributed by atoms with Crippen LogP contribution in [-0.4, -0.2) is 47.6 Å². The number of hydrogen-bond acceptors (Lipinski definition) is 5. The van der Waals surface area contributed by atoms with Gasteiger partial charge in [0.15, 0.2) is 0 Å². The van der Waals surface area contributed by atoms with Crippen LogP contribution in [0.25, 0.3) is 0 Å². The zero-order chi connectivity index (χ0) is 13.1.